The Bertz CT molecular complexity index is 157. The molecule has 11 heavy (non-hydrogen) atoms. The first kappa shape index (κ1) is 9.94. The standard InChI is InChI=1S/C7H14N2O2/c1-3-4-5-9(2)7(11)6(8)10/h3-5H2,1-2H3,(H2,8,10). The van der Waals surface area contributed by atoms with Crippen LogP contribution in [-0.2, 0) is 9.59 Å². The Morgan fingerprint density at radius 2 is 2.00 bits per heavy atom. The molecule has 0 fully saturated rings. The van der Waals surface area contributed by atoms with Gasteiger partial charge in [0.15, 0.2) is 0 Å². The smallest absolute Gasteiger partial charge is 0.311 e. The van der Waals surface area contributed by atoms with Crippen LogP contribution in [0.2, 0.25) is 0 Å². The molecule has 4 nitrogen and oxygen atoms in total. The maximum atomic E-state index is 10.8. The van der Waals surface area contributed by atoms with Crippen molar-refractivity contribution in [3.63, 3.8) is 0 Å². The van der Waals surface area contributed by atoms with Gasteiger partial charge < -0.3 is 10.6 Å². The molecule has 0 saturated carbocycles. The van der Waals surface area contributed by atoms with E-state index in [9.17, 15) is 9.59 Å². The maximum absolute atomic E-state index is 10.8. The summed E-state index contributed by atoms with van der Waals surface area (Å²) in [6, 6.07) is 0. The first-order valence-corrected chi connectivity index (χ1v) is 3.64. The summed E-state index contributed by atoms with van der Waals surface area (Å²) >= 11 is 0. The van der Waals surface area contributed by atoms with Crippen molar-refractivity contribution in [2.75, 3.05) is 13.6 Å². The quantitative estimate of drug-likeness (QED) is 0.575. The Hall–Kier alpha value is -1.06. The number of rotatable bonds is 3. The summed E-state index contributed by atoms with van der Waals surface area (Å²) in [7, 11) is 1.57. The fourth-order valence-electron chi connectivity index (χ4n) is 0.685. The van der Waals surface area contributed by atoms with Crippen molar-refractivity contribution in [1.82, 2.24) is 4.90 Å². The predicted molar refractivity (Wildman–Crippen MR) is 41.7 cm³/mol. The minimum atomic E-state index is -0.886. The Kier molecular flexibility index (Phi) is 4.26. The normalized spacial score (nSPS) is 9.27. The number of carbonyl (C=O) groups is 2. The summed E-state index contributed by atoms with van der Waals surface area (Å²) in [6.07, 6.45) is 1.89. The molecule has 0 bridgehead atoms. The highest BCUT2D eigenvalue weighted by molar-refractivity contribution is 6.34. The minimum absolute atomic E-state index is 0.596. The van der Waals surface area contributed by atoms with Crippen molar-refractivity contribution in [3.05, 3.63) is 0 Å². The molecule has 0 aromatic rings. The number of unbranched alkanes of at least 4 members (excludes halogenated alkanes) is 1. The van der Waals surface area contributed by atoms with Gasteiger partial charge in [0.05, 0.1) is 0 Å². The molecule has 4 heteroatoms. The van der Waals surface area contributed by atoms with Crippen LogP contribution in [0.15, 0.2) is 0 Å². The number of hydrogen-bond acceptors (Lipinski definition) is 2. The topological polar surface area (TPSA) is 63.4 Å². The lowest BCUT2D eigenvalue weighted by molar-refractivity contribution is -0.143. The largest absolute Gasteiger partial charge is 0.361 e. The molecule has 2 amide bonds. The summed E-state index contributed by atoms with van der Waals surface area (Å²) < 4.78 is 0. The van der Waals surface area contributed by atoms with Crippen molar-refractivity contribution in [2.24, 2.45) is 5.73 Å². The average molecular weight is 158 g/mol. The molecule has 0 aliphatic carbocycles. The summed E-state index contributed by atoms with van der Waals surface area (Å²) in [6.45, 7) is 2.61. The SMILES string of the molecule is CCCCN(C)C(=O)C(N)=O. The lowest BCUT2D eigenvalue weighted by Gasteiger charge is -2.13. The van der Waals surface area contributed by atoms with Gasteiger partial charge in [0.25, 0.3) is 0 Å². The van der Waals surface area contributed by atoms with E-state index in [0.717, 1.165) is 12.8 Å². The maximum Gasteiger partial charge on any atom is 0.311 e. The number of likely N-dealkylation sites (N-methyl/N-ethyl adjacent to an activating group) is 1. The van der Waals surface area contributed by atoms with Gasteiger partial charge in [-0.05, 0) is 6.42 Å². The molecule has 0 aromatic heterocycles. The first-order chi connectivity index (χ1) is 5.09. The van der Waals surface area contributed by atoms with Crippen LogP contribution in [0.5, 0.6) is 0 Å². The van der Waals surface area contributed by atoms with Gasteiger partial charge >= 0.3 is 11.8 Å². The molecule has 2 N–H and O–H groups in total. The molecule has 0 heterocycles. The van der Waals surface area contributed by atoms with Crippen LogP contribution in [0.25, 0.3) is 0 Å². The molecule has 0 aliphatic heterocycles. The third-order valence-electron chi connectivity index (χ3n) is 1.40. The number of carbonyl (C=O) groups excluding carboxylic acids is 2. The van der Waals surface area contributed by atoms with Gasteiger partial charge in [-0.1, -0.05) is 13.3 Å². The monoisotopic (exact) mass is 158 g/mol. The number of hydrogen-bond donors (Lipinski definition) is 1. The highest BCUT2D eigenvalue weighted by atomic mass is 16.2. The lowest BCUT2D eigenvalue weighted by Crippen LogP contribution is -2.38. The van der Waals surface area contributed by atoms with E-state index in [1.807, 2.05) is 6.92 Å². The third-order valence-corrected chi connectivity index (χ3v) is 1.40. The molecule has 0 spiro atoms. The lowest BCUT2D eigenvalue weighted by atomic mass is 10.3. The van der Waals surface area contributed by atoms with Crippen LogP contribution in [0, 0.1) is 0 Å². The molecule has 64 valence electrons. The predicted octanol–water partition coefficient (Wildman–Crippen LogP) is -0.270. The second-order valence-corrected chi connectivity index (χ2v) is 2.44. The highest BCUT2D eigenvalue weighted by Gasteiger charge is 2.13. The molecular weight excluding hydrogens is 144 g/mol. The Morgan fingerprint density at radius 3 is 2.36 bits per heavy atom. The van der Waals surface area contributed by atoms with Gasteiger partial charge in [0, 0.05) is 13.6 Å². The average Bonchev–Trinajstić information content (AvgIpc) is 1.98. The first-order valence-electron chi connectivity index (χ1n) is 3.64. The number of nitrogens with zero attached hydrogens (tertiary/aromatic N) is 1. The number of amides is 2. The molecule has 0 rings (SSSR count). The Balaban J connectivity index is 3.73. The van der Waals surface area contributed by atoms with E-state index in [0.29, 0.717) is 6.54 Å². The van der Waals surface area contributed by atoms with E-state index in [2.05, 4.69) is 0 Å². The summed E-state index contributed by atoms with van der Waals surface area (Å²) in [5.74, 6) is -1.50. The van der Waals surface area contributed by atoms with E-state index >= 15 is 0 Å². The Labute approximate surface area is 66.4 Å². The number of primary amides is 1. The van der Waals surface area contributed by atoms with Gasteiger partial charge in [-0.3, -0.25) is 9.59 Å². The van der Waals surface area contributed by atoms with E-state index in [-0.39, 0.29) is 0 Å². The van der Waals surface area contributed by atoms with Crippen LogP contribution < -0.4 is 5.73 Å². The van der Waals surface area contributed by atoms with Crippen LogP contribution in [0.4, 0.5) is 0 Å². The van der Waals surface area contributed by atoms with Gasteiger partial charge in [0.1, 0.15) is 0 Å². The summed E-state index contributed by atoms with van der Waals surface area (Å²) in [5.41, 5.74) is 4.78. The molecule has 0 radical (unpaired) electrons. The van der Waals surface area contributed by atoms with Crippen molar-refractivity contribution in [3.8, 4) is 0 Å². The van der Waals surface area contributed by atoms with Gasteiger partial charge in [0.2, 0.25) is 0 Å². The number of nitrogens with two attached hydrogens (primary N) is 1. The zero-order valence-corrected chi connectivity index (χ0v) is 6.96. The Morgan fingerprint density at radius 1 is 1.45 bits per heavy atom. The van der Waals surface area contributed by atoms with E-state index in [4.69, 9.17) is 5.73 Å². The van der Waals surface area contributed by atoms with Gasteiger partial charge in [-0.15, -0.1) is 0 Å². The molecular formula is C7H14N2O2. The van der Waals surface area contributed by atoms with Crippen LogP contribution in [0.3, 0.4) is 0 Å². The zero-order valence-electron chi connectivity index (χ0n) is 6.96. The van der Waals surface area contributed by atoms with Crippen molar-refractivity contribution in [2.45, 2.75) is 19.8 Å². The van der Waals surface area contributed by atoms with Crippen molar-refractivity contribution >= 4 is 11.8 Å². The van der Waals surface area contributed by atoms with Crippen LogP contribution >= 0.6 is 0 Å². The third kappa shape index (κ3) is 3.60. The van der Waals surface area contributed by atoms with Crippen LogP contribution in [0.1, 0.15) is 19.8 Å². The van der Waals surface area contributed by atoms with E-state index in [1.165, 1.54) is 4.90 Å². The molecule has 0 saturated heterocycles. The van der Waals surface area contributed by atoms with E-state index in [1.54, 1.807) is 7.05 Å². The van der Waals surface area contributed by atoms with Gasteiger partial charge in [-0.25, -0.2) is 0 Å². The van der Waals surface area contributed by atoms with Gasteiger partial charge in [-0.2, -0.15) is 0 Å². The second-order valence-electron chi connectivity index (χ2n) is 2.44. The summed E-state index contributed by atoms with van der Waals surface area (Å²) in [5, 5.41) is 0. The fraction of sp³-hybridized carbons (Fsp3) is 0.714. The fourth-order valence-corrected chi connectivity index (χ4v) is 0.685. The van der Waals surface area contributed by atoms with Crippen molar-refractivity contribution in [1.29, 1.82) is 0 Å². The molecule has 0 atom stereocenters. The van der Waals surface area contributed by atoms with Crippen molar-refractivity contribution < 1.29 is 9.59 Å². The van der Waals surface area contributed by atoms with E-state index < -0.39 is 11.8 Å². The second kappa shape index (κ2) is 4.71. The zero-order chi connectivity index (χ0) is 8.85. The molecule has 0 aromatic carbocycles. The minimum Gasteiger partial charge on any atom is -0.361 e. The highest BCUT2D eigenvalue weighted by Crippen LogP contribution is 1.91. The van der Waals surface area contributed by atoms with Crippen LogP contribution in [-0.4, -0.2) is 30.3 Å². The summed E-state index contributed by atoms with van der Waals surface area (Å²) in [4.78, 5) is 22.5. The molecule has 0 unspecified atom stereocenters. The molecule has 0 aliphatic rings.